The predicted molar refractivity (Wildman–Crippen MR) is 77.9 cm³/mol. The van der Waals surface area contributed by atoms with Gasteiger partial charge in [0.25, 0.3) is 0 Å². The van der Waals surface area contributed by atoms with E-state index in [0.29, 0.717) is 18.9 Å². The second-order valence-electron chi connectivity index (χ2n) is 4.93. The summed E-state index contributed by atoms with van der Waals surface area (Å²) in [4.78, 5) is 11.7. The first-order valence-corrected chi connectivity index (χ1v) is 7.17. The first-order chi connectivity index (χ1) is 9.26. The van der Waals surface area contributed by atoms with Crippen LogP contribution in [0.25, 0.3) is 0 Å². The number of benzene rings is 1. The molecule has 0 aliphatic rings. The number of hydrogen-bond acceptors (Lipinski definition) is 2. The average molecular weight is 263 g/mol. The number of carbonyl (C=O) groups is 1. The van der Waals surface area contributed by atoms with Crippen molar-refractivity contribution in [1.82, 2.24) is 5.32 Å². The monoisotopic (exact) mass is 263 g/mol. The molecule has 0 saturated heterocycles. The molecule has 0 spiro atoms. The molecule has 2 N–H and O–H groups in total. The fourth-order valence-corrected chi connectivity index (χ4v) is 2.08. The van der Waals surface area contributed by atoms with Gasteiger partial charge in [0.2, 0.25) is 5.91 Å². The number of amides is 1. The zero-order valence-corrected chi connectivity index (χ0v) is 11.8. The van der Waals surface area contributed by atoms with E-state index in [2.05, 4.69) is 24.4 Å². The van der Waals surface area contributed by atoms with Gasteiger partial charge in [0.1, 0.15) is 0 Å². The van der Waals surface area contributed by atoms with E-state index in [1.165, 1.54) is 5.56 Å². The molecule has 0 saturated carbocycles. The highest BCUT2D eigenvalue weighted by molar-refractivity contribution is 5.75. The van der Waals surface area contributed by atoms with Crippen LogP contribution in [0.4, 0.5) is 0 Å². The lowest BCUT2D eigenvalue weighted by Crippen LogP contribution is -2.29. The van der Waals surface area contributed by atoms with Crippen LogP contribution in [-0.2, 0) is 11.2 Å². The van der Waals surface area contributed by atoms with E-state index in [1.807, 2.05) is 18.2 Å². The van der Waals surface area contributed by atoms with Crippen molar-refractivity contribution in [2.75, 3.05) is 13.2 Å². The highest BCUT2D eigenvalue weighted by Gasteiger charge is 2.07. The summed E-state index contributed by atoms with van der Waals surface area (Å²) in [5, 5.41) is 11.8. The molecule has 1 aromatic rings. The van der Waals surface area contributed by atoms with Gasteiger partial charge in [-0.25, -0.2) is 0 Å². The Balaban J connectivity index is 2.14. The summed E-state index contributed by atoms with van der Waals surface area (Å²) in [5.41, 5.74) is 1.28. The topological polar surface area (TPSA) is 49.3 Å². The molecule has 3 heteroatoms. The number of carbonyl (C=O) groups excluding carboxylic acids is 1. The van der Waals surface area contributed by atoms with E-state index < -0.39 is 0 Å². The van der Waals surface area contributed by atoms with Crippen LogP contribution in [0.1, 0.15) is 38.2 Å². The molecule has 0 aliphatic carbocycles. The minimum Gasteiger partial charge on any atom is -0.396 e. The molecule has 0 heterocycles. The Morgan fingerprint density at radius 2 is 2.05 bits per heavy atom. The van der Waals surface area contributed by atoms with Crippen LogP contribution in [0.15, 0.2) is 30.3 Å². The van der Waals surface area contributed by atoms with Gasteiger partial charge in [-0.05, 0) is 30.7 Å². The van der Waals surface area contributed by atoms with Crippen molar-refractivity contribution in [2.45, 2.75) is 39.0 Å². The summed E-state index contributed by atoms with van der Waals surface area (Å²) < 4.78 is 0. The number of aryl methyl sites for hydroxylation is 1. The van der Waals surface area contributed by atoms with E-state index in [9.17, 15) is 4.79 Å². The number of aliphatic hydroxyl groups excluding tert-OH is 1. The summed E-state index contributed by atoms with van der Waals surface area (Å²) in [6.45, 7) is 2.96. The molecular formula is C16H25NO2. The summed E-state index contributed by atoms with van der Waals surface area (Å²) in [5.74, 6) is 0.510. The van der Waals surface area contributed by atoms with Crippen LogP contribution in [0.2, 0.25) is 0 Å². The molecule has 0 radical (unpaired) electrons. The lowest BCUT2D eigenvalue weighted by Gasteiger charge is -2.14. The maximum atomic E-state index is 11.7. The van der Waals surface area contributed by atoms with Crippen molar-refractivity contribution < 1.29 is 9.90 Å². The Hall–Kier alpha value is -1.35. The molecular weight excluding hydrogens is 238 g/mol. The van der Waals surface area contributed by atoms with Crippen molar-refractivity contribution >= 4 is 5.91 Å². The minimum absolute atomic E-state index is 0.118. The summed E-state index contributed by atoms with van der Waals surface area (Å²) >= 11 is 0. The summed E-state index contributed by atoms with van der Waals surface area (Å²) in [6.07, 6.45) is 4.16. The Morgan fingerprint density at radius 3 is 2.68 bits per heavy atom. The quantitative estimate of drug-likeness (QED) is 0.719. The Morgan fingerprint density at radius 1 is 1.32 bits per heavy atom. The third-order valence-corrected chi connectivity index (χ3v) is 3.41. The van der Waals surface area contributed by atoms with Gasteiger partial charge in [-0.3, -0.25) is 4.79 Å². The number of hydrogen-bond donors (Lipinski definition) is 2. The minimum atomic E-state index is 0.118. The van der Waals surface area contributed by atoms with E-state index >= 15 is 0 Å². The molecule has 1 aromatic carbocycles. The zero-order chi connectivity index (χ0) is 13.9. The molecule has 0 aromatic heterocycles. The van der Waals surface area contributed by atoms with Gasteiger partial charge >= 0.3 is 0 Å². The smallest absolute Gasteiger partial charge is 0.220 e. The third kappa shape index (κ3) is 6.97. The average Bonchev–Trinajstić information content (AvgIpc) is 2.44. The molecule has 0 aliphatic heterocycles. The molecule has 3 nitrogen and oxygen atoms in total. The van der Waals surface area contributed by atoms with Gasteiger partial charge < -0.3 is 10.4 Å². The largest absolute Gasteiger partial charge is 0.396 e. The molecule has 0 bridgehead atoms. The lowest BCUT2D eigenvalue weighted by molar-refractivity contribution is -0.121. The van der Waals surface area contributed by atoms with Gasteiger partial charge in [-0.15, -0.1) is 0 Å². The van der Waals surface area contributed by atoms with Crippen molar-refractivity contribution in [3.63, 3.8) is 0 Å². The maximum Gasteiger partial charge on any atom is 0.220 e. The maximum absolute atomic E-state index is 11.7. The van der Waals surface area contributed by atoms with Crippen LogP contribution in [0, 0.1) is 5.92 Å². The van der Waals surface area contributed by atoms with E-state index in [-0.39, 0.29) is 12.5 Å². The summed E-state index contributed by atoms with van der Waals surface area (Å²) in [6, 6.07) is 10.2. The molecule has 19 heavy (non-hydrogen) atoms. The van der Waals surface area contributed by atoms with Crippen LogP contribution in [0.5, 0.6) is 0 Å². The van der Waals surface area contributed by atoms with Crippen molar-refractivity contribution in [3.05, 3.63) is 35.9 Å². The highest BCUT2D eigenvalue weighted by Crippen LogP contribution is 2.07. The van der Waals surface area contributed by atoms with Crippen LogP contribution in [-0.4, -0.2) is 24.2 Å². The highest BCUT2D eigenvalue weighted by atomic mass is 16.3. The third-order valence-electron chi connectivity index (χ3n) is 3.41. The fraction of sp³-hybridized carbons (Fsp3) is 0.562. The first kappa shape index (κ1) is 15.7. The Bertz CT molecular complexity index is 351. The predicted octanol–water partition coefficient (Wildman–Crippen LogP) is 2.53. The number of aliphatic hydroxyl groups is 1. The van der Waals surface area contributed by atoms with E-state index in [4.69, 9.17) is 5.11 Å². The molecule has 1 amide bonds. The van der Waals surface area contributed by atoms with Gasteiger partial charge in [0, 0.05) is 19.6 Å². The van der Waals surface area contributed by atoms with Crippen LogP contribution < -0.4 is 5.32 Å². The lowest BCUT2D eigenvalue weighted by atomic mass is 10.0. The Labute approximate surface area is 116 Å². The van der Waals surface area contributed by atoms with E-state index in [1.54, 1.807) is 0 Å². The number of nitrogens with one attached hydrogen (secondary N) is 1. The molecule has 1 rings (SSSR count). The summed E-state index contributed by atoms with van der Waals surface area (Å²) in [7, 11) is 0. The van der Waals surface area contributed by atoms with Crippen molar-refractivity contribution in [2.24, 2.45) is 5.92 Å². The normalized spacial score (nSPS) is 12.1. The second kappa shape index (κ2) is 9.56. The van der Waals surface area contributed by atoms with Crippen LogP contribution >= 0.6 is 0 Å². The zero-order valence-electron chi connectivity index (χ0n) is 11.8. The molecule has 1 atom stereocenters. The van der Waals surface area contributed by atoms with Crippen molar-refractivity contribution in [3.8, 4) is 0 Å². The molecule has 1 unspecified atom stereocenters. The Kier molecular flexibility index (Phi) is 7.91. The fourth-order valence-electron chi connectivity index (χ4n) is 2.08. The van der Waals surface area contributed by atoms with E-state index in [0.717, 1.165) is 25.7 Å². The van der Waals surface area contributed by atoms with Gasteiger partial charge in [-0.2, -0.15) is 0 Å². The van der Waals surface area contributed by atoms with Gasteiger partial charge in [0.05, 0.1) is 0 Å². The second-order valence-corrected chi connectivity index (χ2v) is 4.93. The van der Waals surface area contributed by atoms with Gasteiger partial charge in [-0.1, -0.05) is 43.7 Å². The standard InChI is InChI=1S/C16H25NO2/c1-2-14(11-12-18)13-17-16(19)10-6-9-15-7-4-3-5-8-15/h3-5,7-8,14,18H,2,6,9-13H2,1H3,(H,17,19). The van der Waals surface area contributed by atoms with Gasteiger partial charge in [0.15, 0.2) is 0 Å². The van der Waals surface area contributed by atoms with Crippen molar-refractivity contribution in [1.29, 1.82) is 0 Å². The molecule has 0 fully saturated rings. The van der Waals surface area contributed by atoms with Crippen LogP contribution in [0.3, 0.4) is 0 Å². The SMILES string of the molecule is CCC(CCO)CNC(=O)CCCc1ccccc1. The molecule has 106 valence electrons. The first-order valence-electron chi connectivity index (χ1n) is 7.17. The number of rotatable bonds is 9.